The molecule has 3 aromatic rings. The van der Waals surface area contributed by atoms with E-state index in [9.17, 15) is 14.9 Å². The van der Waals surface area contributed by atoms with Crippen molar-refractivity contribution >= 4 is 29.0 Å². The van der Waals surface area contributed by atoms with Crippen LogP contribution in [0, 0.1) is 17.0 Å². The summed E-state index contributed by atoms with van der Waals surface area (Å²) in [5.41, 5.74) is 2.43. The highest BCUT2D eigenvalue weighted by Crippen LogP contribution is 2.27. The van der Waals surface area contributed by atoms with E-state index in [2.05, 4.69) is 15.5 Å². The van der Waals surface area contributed by atoms with Crippen LogP contribution >= 0.6 is 11.8 Å². The minimum absolute atomic E-state index is 0.0787. The minimum atomic E-state index is -0.395. The van der Waals surface area contributed by atoms with Crippen molar-refractivity contribution in [1.82, 2.24) is 14.8 Å². The van der Waals surface area contributed by atoms with E-state index >= 15 is 0 Å². The van der Waals surface area contributed by atoms with Crippen molar-refractivity contribution in [2.24, 2.45) is 7.05 Å². The second-order valence-electron chi connectivity index (χ2n) is 6.17. The van der Waals surface area contributed by atoms with Crippen LogP contribution in [0.5, 0.6) is 0 Å². The molecule has 0 aliphatic heterocycles. The first-order valence-corrected chi connectivity index (χ1v) is 9.53. The smallest absolute Gasteiger partial charge is 0.273 e. The summed E-state index contributed by atoms with van der Waals surface area (Å²) in [5, 5.41) is 22.8. The Labute approximate surface area is 166 Å². The van der Waals surface area contributed by atoms with Crippen molar-refractivity contribution in [2.45, 2.75) is 24.3 Å². The van der Waals surface area contributed by atoms with Gasteiger partial charge in [-0.3, -0.25) is 14.9 Å². The topological polar surface area (TPSA) is 103 Å². The van der Waals surface area contributed by atoms with Gasteiger partial charge in [-0.1, -0.05) is 48.2 Å². The zero-order valence-electron chi connectivity index (χ0n) is 15.5. The summed E-state index contributed by atoms with van der Waals surface area (Å²) in [6, 6.07) is 14.1. The number of nitrogens with one attached hydrogen (secondary N) is 1. The summed E-state index contributed by atoms with van der Waals surface area (Å²) >= 11 is 1.34. The molecule has 9 heteroatoms. The highest BCUT2D eigenvalue weighted by molar-refractivity contribution is 7.98. The summed E-state index contributed by atoms with van der Waals surface area (Å²) in [6.45, 7) is 1.93. The van der Waals surface area contributed by atoms with E-state index in [0.29, 0.717) is 22.3 Å². The lowest BCUT2D eigenvalue weighted by Crippen LogP contribution is -2.17. The first-order chi connectivity index (χ1) is 13.5. The van der Waals surface area contributed by atoms with E-state index in [1.165, 1.54) is 17.8 Å². The number of hydrogen-bond acceptors (Lipinski definition) is 6. The normalized spacial score (nSPS) is 10.6. The van der Waals surface area contributed by atoms with Gasteiger partial charge < -0.3 is 9.88 Å². The molecule has 28 heavy (non-hydrogen) atoms. The van der Waals surface area contributed by atoms with E-state index in [1.54, 1.807) is 29.8 Å². The molecule has 2 aromatic carbocycles. The van der Waals surface area contributed by atoms with Crippen LogP contribution in [-0.2, 0) is 24.0 Å². The second-order valence-corrected chi connectivity index (χ2v) is 7.11. The number of amides is 1. The molecule has 0 fully saturated rings. The SMILES string of the molecule is Cc1ccccc1NC(=O)Cc1nnc(SCc2ccccc2[N+](=O)[O-])n1C. The van der Waals surface area contributed by atoms with Gasteiger partial charge in [0.05, 0.1) is 11.3 Å². The van der Waals surface area contributed by atoms with E-state index in [0.717, 1.165) is 11.3 Å². The number of rotatable bonds is 7. The maximum atomic E-state index is 12.3. The van der Waals surface area contributed by atoms with Gasteiger partial charge in [0.25, 0.3) is 5.69 Å². The second kappa shape index (κ2) is 8.66. The third-order valence-electron chi connectivity index (χ3n) is 4.21. The number of thioether (sulfide) groups is 1. The Hall–Kier alpha value is -3.20. The van der Waals surface area contributed by atoms with Crippen molar-refractivity contribution in [3.63, 3.8) is 0 Å². The molecule has 1 heterocycles. The number of hydrogen-bond donors (Lipinski definition) is 1. The van der Waals surface area contributed by atoms with Gasteiger partial charge in [-0.15, -0.1) is 10.2 Å². The molecule has 0 aliphatic rings. The molecular formula is C19H19N5O3S. The molecule has 144 valence electrons. The third kappa shape index (κ3) is 4.55. The Balaban J connectivity index is 1.65. The summed E-state index contributed by atoms with van der Waals surface area (Å²) in [5.74, 6) is 0.731. The van der Waals surface area contributed by atoms with Gasteiger partial charge in [0.15, 0.2) is 5.16 Å². The standard InChI is InChI=1S/C19H19N5O3S/c1-13-7-3-5-9-15(13)20-18(25)11-17-21-22-19(23(17)2)28-12-14-8-4-6-10-16(14)24(26)27/h3-10H,11-12H2,1-2H3,(H,20,25). The highest BCUT2D eigenvalue weighted by atomic mass is 32.2. The summed E-state index contributed by atoms with van der Waals surface area (Å²) in [4.78, 5) is 23.0. The van der Waals surface area contributed by atoms with Gasteiger partial charge in [-0.05, 0) is 18.6 Å². The Kier molecular flexibility index (Phi) is 6.05. The monoisotopic (exact) mass is 397 g/mol. The van der Waals surface area contributed by atoms with Gasteiger partial charge in [0.1, 0.15) is 5.82 Å². The van der Waals surface area contributed by atoms with Gasteiger partial charge in [-0.2, -0.15) is 0 Å². The zero-order valence-corrected chi connectivity index (χ0v) is 16.3. The van der Waals surface area contributed by atoms with Crippen LogP contribution in [0.4, 0.5) is 11.4 Å². The molecule has 0 aliphatic carbocycles. The van der Waals surface area contributed by atoms with Crippen molar-refractivity contribution in [1.29, 1.82) is 0 Å². The maximum Gasteiger partial charge on any atom is 0.273 e. The third-order valence-corrected chi connectivity index (χ3v) is 5.28. The lowest BCUT2D eigenvalue weighted by atomic mass is 10.2. The van der Waals surface area contributed by atoms with Crippen LogP contribution < -0.4 is 5.32 Å². The number of aromatic nitrogens is 3. The molecule has 1 aromatic heterocycles. The number of para-hydroxylation sites is 2. The molecule has 8 nitrogen and oxygen atoms in total. The summed E-state index contributed by atoms with van der Waals surface area (Å²) in [6.07, 6.45) is 0.0872. The molecule has 0 atom stereocenters. The van der Waals surface area contributed by atoms with Crippen LogP contribution in [-0.4, -0.2) is 25.6 Å². The number of anilines is 1. The lowest BCUT2D eigenvalue weighted by molar-refractivity contribution is -0.385. The molecule has 0 saturated carbocycles. The summed E-state index contributed by atoms with van der Waals surface area (Å²) in [7, 11) is 1.78. The Morgan fingerprint density at radius 1 is 1.18 bits per heavy atom. The molecule has 0 spiro atoms. The van der Waals surface area contributed by atoms with Crippen LogP contribution in [0.3, 0.4) is 0 Å². The average Bonchev–Trinajstić information content (AvgIpc) is 3.01. The maximum absolute atomic E-state index is 12.3. The number of nitro benzene ring substituents is 1. The van der Waals surface area contributed by atoms with E-state index in [4.69, 9.17) is 0 Å². The Morgan fingerprint density at radius 2 is 1.89 bits per heavy atom. The molecule has 0 unspecified atom stereocenters. The molecular weight excluding hydrogens is 378 g/mol. The number of aryl methyl sites for hydroxylation is 1. The van der Waals surface area contributed by atoms with Crippen molar-refractivity contribution in [3.8, 4) is 0 Å². The van der Waals surface area contributed by atoms with Gasteiger partial charge in [0, 0.05) is 30.1 Å². The first kappa shape index (κ1) is 19.6. The quantitative estimate of drug-likeness (QED) is 0.372. The molecule has 0 radical (unpaired) electrons. The number of nitro groups is 1. The van der Waals surface area contributed by atoms with Gasteiger partial charge in [-0.25, -0.2) is 0 Å². The molecule has 0 bridgehead atoms. The fraction of sp³-hybridized carbons (Fsp3) is 0.211. The molecule has 3 rings (SSSR count). The molecule has 0 saturated heterocycles. The Morgan fingerprint density at radius 3 is 2.64 bits per heavy atom. The fourth-order valence-electron chi connectivity index (χ4n) is 2.63. The number of nitrogens with zero attached hydrogens (tertiary/aromatic N) is 4. The molecule has 1 amide bonds. The largest absolute Gasteiger partial charge is 0.325 e. The van der Waals surface area contributed by atoms with Gasteiger partial charge in [0.2, 0.25) is 5.91 Å². The minimum Gasteiger partial charge on any atom is -0.325 e. The Bertz CT molecular complexity index is 1020. The lowest BCUT2D eigenvalue weighted by Gasteiger charge is -2.08. The van der Waals surface area contributed by atoms with Crippen LogP contribution in [0.25, 0.3) is 0 Å². The van der Waals surface area contributed by atoms with Crippen molar-refractivity contribution in [3.05, 3.63) is 75.6 Å². The molecule has 1 N–H and O–H groups in total. The van der Waals surface area contributed by atoms with Gasteiger partial charge >= 0.3 is 0 Å². The van der Waals surface area contributed by atoms with Crippen LogP contribution in [0.1, 0.15) is 17.0 Å². The van der Waals surface area contributed by atoms with E-state index < -0.39 is 4.92 Å². The number of carbonyl (C=O) groups is 1. The van der Waals surface area contributed by atoms with E-state index in [1.807, 2.05) is 31.2 Å². The first-order valence-electron chi connectivity index (χ1n) is 8.54. The van der Waals surface area contributed by atoms with Crippen molar-refractivity contribution in [2.75, 3.05) is 5.32 Å². The predicted octanol–water partition coefficient (Wildman–Crippen LogP) is 3.51. The predicted molar refractivity (Wildman–Crippen MR) is 107 cm³/mol. The number of carbonyl (C=O) groups excluding carboxylic acids is 1. The van der Waals surface area contributed by atoms with Crippen LogP contribution in [0.2, 0.25) is 0 Å². The summed E-state index contributed by atoms with van der Waals surface area (Å²) < 4.78 is 1.73. The average molecular weight is 397 g/mol. The fourth-order valence-corrected chi connectivity index (χ4v) is 3.56. The zero-order chi connectivity index (χ0) is 20.1. The van der Waals surface area contributed by atoms with Crippen molar-refractivity contribution < 1.29 is 9.72 Å². The van der Waals surface area contributed by atoms with E-state index in [-0.39, 0.29) is 18.0 Å². The highest BCUT2D eigenvalue weighted by Gasteiger charge is 2.16. The number of benzene rings is 2. The van der Waals surface area contributed by atoms with Crippen LogP contribution in [0.15, 0.2) is 53.7 Å².